The Hall–Kier alpha value is -0.500. The number of hydrogen-bond donors (Lipinski definition) is 0. The summed E-state index contributed by atoms with van der Waals surface area (Å²) >= 11 is 17.6. The second kappa shape index (κ2) is 4.40. The Bertz CT molecular complexity index is 460. The number of benzene rings is 1. The number of alkyl halides is 2. The second-order valence-corrected chi connectivity index (χ2v) is 5.05. The molecule has 1 unspecified atom stereocenters. The van der Waals surface area contributed by atoms with Gasteiger partial charge in [0.15, 0.2) is 0 Å². The minimum absolute atomic E-state index is 0.0590. The molecule has 0 heterocycles. The second-order valence-electron chi connectivity index (χ2n) is 3.56. The van der Waals surface area contributed by atoms with Crippen LogP contribution in [0.3, 0.4) is 0 Å². The standard InChI is InChI=1S/C12H8Cl3F/c13-9-6-10(14)11(12(15,16)7-9)8-4-2-1-3-5-8/h1-6H,7H2. The minimum Gasteiger partial charge on any atom is -0.220 e. The van der Waals surface area contributed by atoms with Crippen molar-refractivity contribution < 1.29 is 4.39 Å². The number of rotatable bonds is 1. The fraction of sp³-hybridized carbons (Fsp3) is 0.167. The molecule has 1 aliphatic carbocycles. The van der Waals surface area contributed by atoms with E-state index in [9.17, 15) is 4.39 Å². The van der Waals surface area contributed by atoms with Gasteiger partial charge in [-0.25, -0.2) is 4.39 Å². The molecule has 1 aromatic carbocycles. The van der Waals surface area contributed by atoms with Crippen LogP contribution in [0.1, 0.15) is 12.0 Å². The van der Waals surface area contributed by atoms with Gasteiger partial charge >= 0.3 is 0 Å². The summed E-state index contributed by atoms with van der Waals surface area (Å²) < 4.78 is 14.2. The van der Waals surface area contributed by atoms with Gasteiger partial charge in [0.1, 0.15) is 0 Å². The molecule has 0 amide bonds. The van der Waals surface area contributed by atoms with Crippen LogP contribution >= 0.6 is 34.8 Å². The van der Waals surface area contributed by atoms with Gasteiger partial charge in [-0.15, -0.1) is 0 Å². The van der Waals surface area contributed by atoms with Crippen molar-refractivity contribution in [3.8, 4) is 0 Å². The number of hydrogen-bond acceptors (Lipinski definition) is 0. The first-order valence-electron chi connectivity index (χ1n) is 4.70. The predicted molar refractivity (Wildman–Crippen MR) is 67.5 cm³/mol. The van der Waals surface area contributed by atoms with Crippen LogP contribution in [0.5, 0.6) is 0 Å². The predicted octanol–water partition coefficient (Wildman–Crippen LogP) is 5.07. The molecule has 0 spiro atoms. The summed E-state index contributed by atoms with van der Waals surface area (Å²) in [5, 5.41) is -1.47. The summed E-state index contributed by atoms with van der Waals surface area (Å²) in [5.74, 6) is 0. The summed E-state index contributed by atoms with van der Waals surface area (Å²) in [6.45, 7) is 0. The van der Waals surface area contributed by atoms with Gasteiger partial charge < -0.3 is 0 Å². The zero-order chi connectivity index (χ0) is 11.8. The Morgan fingerprint density at radius 1 is 1.12 bits per heavy atom. The van der Waals surface area contributed by atoms with Crippen molar-refractivity contribution in [3.05, 3.63) is 52.0 Å². The average molecular weight is 278 g/mol. The molecular formula is C12H8Cl3F. The van der Waals surface area contributed by atoms with Crippen LogP contribution in [0.2, 0.25) is 0 Å². The fourth-order valence-electron chi connectivity index (χ4n) is 1.69. The van der Waals surface area contributed by atoms with E-state index >= 15 is 0 Å². The Kier molecular flexibility index (Phi) is 3.29. The first-order valence-corrected chi connectivity index (χ1v) is 5.83. The third kappa shape index (κ3) is 2.27. The quantitative estimate of drug-likeness (QED) is 0.629. The maximum atomic E-state index is 14.2. The summed E-state index contributed by atoms with van der Waals surface area (Å²) in [6, 6.07) is 8.99. The van der Waals surface area contributed by atoms with Crippen LogP contribution in [0, 0.1) is 0 Å². The van der Waals surface area contributed by atoms with E-state index in [1.165, 1.54) is 6.08 Å². The highest BCUT2D eigenvalue weighted by molar-refractivity contribution is 6.41. The summed E-state index contributed by atoms with van der Waals surface area (Å²) in [5.41, 5.74) is 0.950. The van der Waals surface area contributed by atoms with E-state index in [1.54, 1.807) is 24.3 Å². The Morgan fingerprint density at radius 3 is 2.31 bits per heavy atom. The van der Waals surface area contributed by atoms with Gasteiger partial charge in [-0.1, -0.05) is 65.1 Å². The van der Waals surface area contributed by atoms with Crippen LogP contribution in [-0.4, -0.2) is 5.13 Å². The maximum Gasteiger partial charge on any atom is 0.215 e. The molecule has 1 atom stereocenters. The largest absolute Gasteiger partial charge is 0.220 e. The Labute approximate surface area is 108 Å². The molecule has 0 aliphatic heterocycles. The molecule has 0 nitrogen and oxygen atoms in total. The molecule has 4 heteroatoms. The third-order valence-corrected chi connectivity index (χ3v) is 3.20. The normalized spacial score (nSPS) is 25.6. The van der Waals surface area contributed by atoms with Crippen LogP contribution in [0.25, 0.3) is 5.57 Å². The highest BCUT2D eigenvalue weighted by Crippen LogP contribution is 2.46. The molecule has 0 radical (unpaired) electrons. The summed E-state index contributed by atoms with van der Waals surface area (Å²) in [4.78, 5) is 0. The molecular weight excluding hydrogens is 269 g/mol. The highest BCUT2D eigenvalue weighted by atomic mass is 35.5. The molecule has 0 N–H and O–H groups in total. The molecule has 16 heavy (non-hydrogen) atoms. The smallest absolute Gasteiger partial charge is 0.215 e. The number of allylic oxidation sites excluding steroid dienone is 4. The van der Waals surface area contributed by atoms with Gasteiger partial charge in [-0.2, -0.15) is 0 Å². The van der Waals surface area contributed by atoms with Gasteiger partial charge in [-0.05, 0) is 11.6 Å². The minimum atomic E-state index is -2.04. The monoisotopic (exact) mass is 276 g/mol. The first-order chi connectivity index (χ1) is 7.50. The molecule has 84 valence electrons. The van der Waals surface area contributed by atoms with Gasteiger partial charge in [0.2, 0.25) is 5.13 Å². The van der Waals surface area contributed by atoms with Crippen molar-refractivity contribution in [3.63, 3.8) is 0 Å². The van der Waals surface area contributed by atoms with E-state index < -0.39 is 5.13 Å². The van der Waals surface area contributed by atoms with E-state index in [2.05, 4.69) is 0 Å². The van der Waals surface area contributed by atoms with Crippen molar-refractivity contribution in [2.45, 2.75) is 11.5 Å². The summed E-state index contributed by atoms with van der Waals surface area (Å²) in [6.07, 6.45) is 1.47. The zero-order valence-corrected chi connectivity index (χ0v) is 10.5. The fourth-order valence-corrected chi connectivity index (χ4v) is 2.90. The van der Waals surface area contributed by atoms with Crippen molar-refractivity contribution in [2.24, 2.45) is 0 Å². The Morgan fingerprint density at radius 2 is 1.75 bits per heavy atom. The van der Waals surface area contributed by atoms with Gasteiger partial charge in [-0.3, -0.25) is 0 Å². The molecule has 0 fully saturated rings. The SMILES string of the molecule is FC1(Cl)CC(Cl)=CC(Cl)=C1c1ccccc1. The molecule has 0 saturated carbocycles. The van der Waals surface area contributed by atoms with E-state index in [0.29, 0.717) is 10.6 Å². The lowest BCUT2D eigenvalue weighted by atomic mass is 9.95. The van der Waals surface area contributed by atoms with E-state index in [1.807, 2.05) is 6.07 Å². The molecule has 2 rings (SSSR count). The van der Waals surface area contributed by atoms with E-state index in [0.717, 1.165) is 0 Å². The number of halogens is 4. The summed E-state index contributed by atoms with van der Waals surface area (Å²) in [7, 11) is 0. The molecule has 1 aromatic rings. The third-order valence-electron chi connectivity index (χ3n) is 2.34. The average Bonchev–Trinajstić information content (AvgIpc) is 2.15. The van der Waals surface area contributed by atoms with Crippen LogP contribution in [0.4, 0.5) is 4.39 Å². The lowest BCUT2D eigenvalue weighted by molar-refractivity contribution is 0.358. The molecule has 0 saturated heterocycles. The van der Waals surface area contributed by atoms with Crippen molar-refractivity contribution in [2.75, 3.05) is 0 Å². The lowest BCUT2D eigenvalue weighted by Crippen LogP contribution is -2.20. The highest BCUT2D eigenvalue weighted by Gasteiger charge is 2.37. The zero-order valence-electron chi connectivity index (χ0n) is 8.18. The molecule has 0 bridgehead atoms. The van der Waals surface area contributed by atoms with Crippen molar-refractivity contribution >= 4 is 40.4 Å². The first kappa shape index (κ1) is 12.0. The van der Waals surface area contributed by atoms with Gasteiger partial charge in [0.05, 0.1) is 5.03 Å². The lowest BCUT2D eigenvalue weighted by Gasteiger charge is -2.26. The van der Waals surface area contributed by atoms with Gasteiger partial charge in [0.25, 0.3) is 0 Å². The topological polar surface area (TPSA) is 0 Å². The van der Waals surface area contributed by atoms with Crippen molar-refractivity contribution in [1.82, 2.24) is 0 Å². The van der Waals surface area contributed by atoms with Crippen LogP contribution in [0.15, 0.2) is 46.5 Å². The van der Waals surface area contributed by atoms with Crippen molar-refractivity contribution in [1.29, 1.82) is 0 Å². The Balaban J connectivity index is 2.57. The molecule has 0 aromatic heterocycles. The van der Waals surface area contributed by atoms with Gasteiger partial charge in [0, 0.05) is 17.0 Å². The van der Waals surface area contributed by atoms with E-state index in [4.69, 9.17) is 34.8 Å². The maximum absolute atomic E-state index is 14.2. The van der Waals surface area contributed by atoms with Crippen LogP contribution < -0.4 is 0 Å². The molecule has 1 aliphatic rings. The van der Waals surface area contributed by atoms with Crippen LogP contribution in [-0.2, 0) is 0 Å². The van der Waals surface area contributed by atoms with E-state index in [-0.39, 0.29) is 17.0 Å².